The summed E-state index contributed by atoms with van der Waals surface area (Å²) in [6.07, 6.45) is 3.36. The van der Waals surface area contributed by atoms with Crippen molar-refractivity contribution in [2.24, 2.45) is 7.05 Å². The van der Waals surface area contributed by atoms with Gasteiger partial charge in [-0.05, 0) is 37.4 Å². The van der Waals surface area contributed by atoms with Crippen molar-refractivity contribution in [3.63, 3.8) is 0 Å². The Morgan fingerprint density at radius 2 is 1.85 bits per heavy atom. The molecule has 1 aromatic heterocycles. The summed E-state index contributed by atoms with van der Waals surface area (Å²) >= 11 is 0. The predicted octanol–water partition coefficient (Wildman–Crippen LogP) is 2.25. The maximum Gasteiger partial charge on any atom is 0.255 e. The fourth-order valence-corrected chi connectivity index (χ4v) is 3.22. The summed E-state index contributed by atoms with van der Waals surface area (Å²) in [7, 11) is -0.456. The lowest BCUT2D eigenvalue weighted by molar-refractivity contribution is 0.102. The highest BCUT2D eigenvalue weighted by molar-refractivity contribution is 7.89. The molecule has 0 saturated heterocycles. The second-order valence-corrected chi connectivity index (χ2v) is 7.55. The Kier molecular flexibility index (Phi) is 4.88. The second-order valence-electron chi connectivity index (χ2n) is 5.66. The van der Waals surface area contributed by atoms with E-state index in [2.05, 4.69) is 15.0 Å². The third-order valence-corrected chi connectivity index (χ3v) is 5.25. The van der Waals surface area contributed by atoms with Crippen molar-refractivity contribution in [1.82, 2.24) is 14.3 Å². The van der Waals surface area contributed by atoms with Gasteiger partial charge in [0.1, 0.15) is 0 Å². The highest BCUT2D eigenvalue weighted by Gasteiger charge is 2.17. The normalized spacial score (nSPS) is 11.3. The van der Waals surface area contributed by atoms with Crippen molar-refractivity contribution in [2.75, 3.05) is 12.4 Å². The molecule has 0 fully saturated rings. The van der Waals surface area contributed by atoms with E-state index in [0.29, 0.717) is 22.5 Å². The molecule has 1 amide bonds. The molecule has 1 heterocycles. The van der Waals surface area contributed by atoms with E-state index in [1.165, 1.54) is 19.2 Å². The molecule has 2 N–H and O–H groups in total. The van der Waals surface area contributed by atoms with Crippen LogP contribution < -0.4 is 10.0 Å². The number of imidazole rings is 1. The number of anilines is 1. The molecule has 7 nitrogen and oxygen atoms in total. The summed E-state index contributed by atoms with van der Waals surface area (Å²) in [5, 5.41) is 2.83. The number of carbonyl (C=O) groups excluding carboxylic acids is 1. The third-order valence-electron chi connectivity index (χ3n) is 3.84. The largest absolute Gasteiger partial charge is 0.340 e. The van der Waals surface area contributed by atoms with E-state index < -0.39 is 10.0 Å². The summed E-state index contributed by atoms with van der Waals surface area (Å²) in [6, 6.07) is 13.3. The fraction of sp³-hybridized carbons (Fsp3) is 0.111. The fourth-order valence-electron chi connectivity index (χ4n) is 2.47. The Bertz CT molecular complexity index is 1040. The standard InChI is InChI=1S/C18H18N4O3S/c1-19-26(24,25)14-8-9-16(15(10-14)17-11-22(2)12-20-17)21-18(23)13-6-4-3-5-7-13/h3-12,19H,1-2H3,(H,21,23). The zero-order valence-corrected chi connectivity index (χ0v) is 15.1. The summed E-state index contributed by atoms with van der Waals surface area (Å²) in [6.45, 7) is 0. The molecule has 2 aromatic carbocycles. The molecule has 0 spiro atoms. The molecule has 3 rings (SSSR count). The number of aromatic nitrogens is 2. The first-order chi connectivity index (χ1) is 12.4. The average molecular weight is 370 g/mol. The summed E-state index contributed by atoms with van der Waals surface area (Å²) in [5.41, 5.74) is 2.06. The topological polar surface area (TPSA) is 93.1 Å². The minimum absolute atomic E-state index is 0.0957. The highest BCUT2D eigenvalue weighted by Crippen LogP contribution is 2.30. The Labute approximate surface area is 151 Å². The number of rotatable bonds is 5. The molecule has 26 heavy (non-hydrogen) atoms. The van der Waals surface area contributed by atoms with Crippen LogP contribution in [0.2, 0.25) is 0 Å². The van der Waals surface area contributed by atoms with Crippen LogP contribution >= 0.6 is 0 Å². The maximum atomic E-state index is 12.5. The highest BCUT2D eigenvalue weighted by atomic mass is 32.2. The van der Waals surface area contributed by atoms with Gasteiger partial charge in [-0.3, -0.25) is 4.79 Å². The molecule has 0 aliphatic carbocycles. The minimum Gasteiger partial charge on any atom is -0.340 e. The van der Waals surface area contributed by atoms with Gasteiger partial charge in [0.05, 0.1) is 22.6 Å². The minimum atomic E-state index is -3.62. The molecule has 0 aliphatic rings. The quantitative estimate of drug-likeness (QED) is 0.720. The van der Waals surface area contributed by atoms with Crippen molar-refractivity contribution in [3.05, 3.63) is 66.6 Å². The zero-order valence-electron chi connectivity index (χ0n) is 14.3. The van der Waals surface area contributed by atoms with Gasteiger partial charge in [-0.1, -0.05) is 18.2 Å². The van der Waals surface area contributed by atoms with E-state index in [4.69, 9.17) is 0 Å². The van der Waals surface area contributed by atoms with Crippen molar-refractivity contribution in [1.29, 1.82) is 0 Å². The molecule has 3 aromatic rings. The molecule has 0 atom stereocenters. The van der Waals surface area contributed by atoms with Crippen LogP contribution in [0.5, 0.6) is 0 Å². The number of sulfonamides is 1. The first kappa shape index (κ1) is 17.8. The van der Waals surface area contributed by atoms with Gasteiger partial charge in [-0.15, -0.1) is 0 Å². The van der Waals surface area contributed by atoms with Crippen molar-refractivity contribution in [2.45, 2.75) is 4.90 Å². The SMILES string of the molecule is CNS(=O)(=O)c1ccc(NC(=O)c2ccccc2)c(-c2cn(C)cn2)c1. The van der Waals surface area contributed by atoms with E-state index in [-0.39, 0.29) is 10.8 Å². The van der Waals surface area contributed by atoms with Crippen LogP contribution in [0.1, 0.15) is 10.4 Å². The number of amides is 1. The third kappa shape index (κ3) is 3.66. The molecule has 0 radical (unpaired) electrons. The Balaban J connectivity index is 2.05. The van der Waals surface area contributed by atoms with Gasteiger partial charge in [-0.2, -0.15) is 0 Å². The number of carbonyl (C=O) groups is 1. The van der Waals surface area contributed by atoms with Crippen LogP contribution in [-0.4, -0.2) is 30.9 Å². The molecule has 0 bridgehead atoms. The molecule has 0 unspecified atom stereocenters. The van der Waals surface area contributed by atoms with Crippen LogP contribution in [0.3, 0.4) is 0 Å². The van der Waals surface area contributed by atoms with Gasteiger partial charge in [0.25, 0.3) is 5.91 Å². The maximum absolute atomic E-state index is 12.5. The summed E-state index contributed by atoms with van der Waals surface area (Å²) in [5.74, 6) is -0.285. The van der Waals surface area contributed by atoms with Crippen LogP contribution in [0.4, 0.5) is 5.69 Å². The Morgan fingerprint density at radius 1 is 1.12 bits per heavy atom. The van der Waals surface area contributed by atoms with E-state index in [9.17, 15) is 13.2 Å². The predicted molar refractivity (Wildman–Crippen MR) is 99.3 cm³/mol. The number of benzene rings is 2. The van der Waals surface area contributed by atoms with E-state index >= 15 is 0 Å². The Hall–Kier alpha value is -2.97. The van der Waals surface area contributed by atoms with Crippen LogP contribution in [-0.2, 0) is 17.1 Å². The number of aryl methyl sites for hydroxylation is 1. The van der Waals surface area contributed by atoms with Gasteiger partial charge in [-0.25, -0.2) is 18.1 Å². The number of hydrogen-bond donors (Lipinski definition) is 2. The van der Waals surface area contributed by atoms with Crippen LogP contribution in [0.15, 0.2) is 66.0 Å². The van der Waals surface area contributed by atoms with E-state index in [0.717, 1.165) is 0 Å². The summed E-state index contributed by atoms with van der Waals surface area (Å²) in [4.78, 5) is 16.8. The number of nitrogens with one attached hydrogen (secondary N) is 2. The van der Waals surface area contributed by atoms with E-state index in [1.54, 1.807) is 47.4 Å². The molecule has 8 heteroatoms. The zero-order chi connectivity index (χ0) is 18.7. The molecule has 0 aliphatic heterocycles. The lowest BCUT2D eigenvalue weighted by Gasteiger charge is -2.12. The first-order valence-corrected chi connectivity index (χ1v) is 9.31. The molecule has 0 saturated carbocycles. The lowest BCUT2D eigenvalue weighted by Crippen LogP contribution is -2.19. The molecular formula is C18H18N4O3S. The number of nitrogens with zero attached hydrogens (tertiary/aromatic N) is 2. The van der Waals surface area contributed by atoms with E-state index in [1.807, 2.05) is 13.1 Å². The van der Waals surface area contributed by atoms with Crippen LogP contribution in [0.25, 0.3) is 11.3 Å². The Morgan fingerprint density at radius 3 is 2.46 bits per heavy atom. The van der Waals surface area contributed by atoms with Gasteiger partial charge in [0.15, 0.2) is 0 Å². The van der Waals surface area contributed by atoms with Gasteiger partial charge in [0.2, 0.25) is 10.0 Å². The molecule has 134 valence electrons. The van der Waals surface area contributed by atoms with Crippen LogP contribution in [0, 0.1) is 0 Å². The molecular weight excluding hydrogens is 352 g/mol. The van der Waals surface area contributed by atoms with Gasteiger partial charge in [0, 0.05) is 24.4 Å². The van der Waals surface area contributed by atoms with Crippen molar-refractivity contribution in [3.8, 4) is 11.3 Å². The van der Waals surface area contributed by atoms with Gasteiger partial charge < -0.3 is 9.88 Å². The second kappa shape index (κ2) is 7.11. The lowest BCUT2D eigenvalue weighted by atomic mass is 10.1. The average Bonchev–Trinajstić information content (AvgIpc) is 3.08. The number of hydrogen-bond acceptors (Lipinski definition) is 4. The van der Waals surface area contributed by atoms with Crippen molar-refractivity contribution < 1.29 is 13.2 Å². The smallest absolute Gasteiger partial charge is 0.255 e. The summed E-state index contributed by atoms with van der Waals surface area (Å²) < 4.78 is 28.3. The monoisotopic (exact) mass is 370 g/mol. The first-order valence-electron chi connectivity index (χ1n) is 7.83. The van der Waals surface area contributed by atoms with Gasteiger partial charge >= 0.3 is 0 Å². The van der Waals surface area contributed by atoms with Crippen molar-refractivity contribution >= 4 is 21.6 Å².